The van der Waals surface area contributed by atoms with Crippen molar-refractivity contribution in [2.24, 2.45) is 5.92 Å². The molecule has 0 bridgehead atoms. The molecule has 1 aromatic carbocycles. The fraction of sp³-hybridized carbons (Fsp3) is 0.667. The molecule has 7 heteroatoms. The van der Waals surface area contributed by atoms with Crippen molar-refractivity contribution in [2.45, 2.75) is 32.7 Å². The van der Waals surface area contributed by atoms with E-state index in [1.54, 1.807) is 14.2 Å². The fourth-order valence-corrected chi connectivity index (χ4v) is 3.73. The van der Waals surface area contributed by atoms with Crippen molar-refractivity contribution >= 4 is 40.7 Å². The summed E-state index contributed by atoms with van der Waals surface area (Å²) < 4.78 is 12.0. The van der Waals surface area contributed by atoms with Crippen LogP contribution in [-0.2, 0) is 0 Å². The second-order valence-electron chi connectivity index (χ2n) is 6.50. The van der Waals surface area contributed by atoms with Crippen LogP contribution in [0.5, 0.6) is 11.5 Å². The first-order valence-corrected chi connectivity index (χ1v) is 9.22. The lowest BCUT2D eigenvalue weighted by Crippen LogP contribution is -2.45. The maximum atomic E-state index is 5.52. The van der Waals surface area contributed by atoms with Crippen molar-refractivity contribution in [1.82, 2.24) is 10.2 Å². The number of nitrogens with zero attached hydrogens (tertiary/aromatic N) is 1. The van der Waals surface area contributed by atoms with E-state index in [9.17, 15) is 0 Å². The maximum Gasteiger partial charge on any atom is 0.161 e. The van der Waals surface area contributed by atoms with Gasteiger partial charge in [-0.2, -0.15) is 0 Å². The van der Waals surface area contributed by atoms with Gasteiger partial charge in [-0.05, 0) is 36.5 Å². The molecule has 0 spiro atoms. The standard InChI is InChI=1S/C18H29BrN2O2.2ClH/c1-13(2)5-6-16(21-9-7-20-8-10-21)14-11-17(22-3)18(23-4)12-15(14)19;;/h11-13,16,20H,5-10H2,1-4H3;2*1H/t16-;;/m0../s1. The summed E-state index contributed by atoms with van der Waals surface area (Å²) in [6.07, 6.45) is 2.38. The summed E-state index contributed by atoms with van der Waals surface area (Å²) >= 11 is 3.75. The molecular weight excluding hydrogens is 427 g/mol. The summed E-state index contributed by atoms with van der Waals surface area (Å²) in [5, 5.41) is 3.44. The van der Waals surface area contributed by atoms with Crippen LogP contribution >= 0.6 is 40.7 Å². The minimum atomic E-state index is 0. The van der Waals surface area contributed by atoms with E-state index in [1.165, 1.54) is 12.0 Å². The van der Waals surface area contributed by atoms with E-state index in [0.717, 1.165) is 48.6 Å². The van der Waals surface area contributed by atoms with Crippen LogP contribution in [0, 0.1) is 5.92 Å². The molecule has 0 saturated carbocycles. The number of methoxy groups -OCH3 is 2. The average Bonchev–Trinajstić information content (AvgIpc) is 2.56. The summed E-state index contributed by atoms with van der Waals surface area (Å²) in [5.41, 5.74) is 1.30. The molecule has 0 amide bonds. The number of halogens is 3. The Morgan fingerprint density at radius 2 is 1.60 bits per heavy atom. The molecule has 0 aliphatic carbocycles. The lowest BCUT2D eigenvalue weighted by molar-refractivity contribution is 0.159. The van der Waals surface area contributed by atoms with Crippen LogP contribution in [0.3, 0.4) is 0 Å². The Balaban J connectivity index is 0.00000288. The molecule has 146 valence electrons. The van der Waals surface area contributed by atoms with Gasteiger partial charge in [0.1, 0.15) is 0 Å². The third-order valence-corrected chi connectivity index (χ3v) is 5.16. The lowest BCUT2D eigenvalue weighted by Gasteiger charge is -2.36. The first kappa shape index (κ1) is 24.8. The molecule has 1 aromatic rings. The van der Waals surface area contributed by atoms with E-state index in [1.807, 2.05) is 6.07 Å². The zero-order chi connectivity index (χ0) is 16.8. The maximum absolute atomic E-state index is 5.52. The second kappa shape index (κ2) is 12.2. The van der Waals surface area contributed by atoms with Crippen molar-refractivity contribution in [3.05, 3.63) is 22.2 Å². The van der Waals surface area contributed by atoms with Crippen LogP contribution in [0.15, 0.2) is 16.6 Å². The van der Waals surface area contributed by atoms with Gasteiger partial charge in [-0.25, -0.2) is 0 Å². The van der Waals surface area contributed by atoms with Gasteiger partial charge in [0.2, 0.25) is 0 Å². The normalized spacial score (nSPS) is 15.9. The molecule has 1 fully saturated rings. The minimum Gasteiger partial charge on any atom is -0.493 e. The van der Waals surface area contributed by atoms with E-state index in [-0.39, 0.29) is 24.8 Å². The third kappa shape index (κ3) is 6.79. The first-order valence-electron chi connectivity index (χ1n) is 8.43. The number of ether oxygens (including phenoxy) is 2. The number of hydrogen-bond acceptors (Lipinski definition) is 4. The lowest BCUT2D eigenvalue weighted by atomic mass is 9.95. The molecule has 2 rings (SSSR count). The van der Waals surface area contributed by atoms with Gasteiger partial charge in [0.15, 0.2) is 11.5 Å². The monoisotopic (exact) mass is 456 g/mol. The van der Waals surface area contributed by atoms with Gasteiger partial charge in [-0.15, -0.1) is 24.8 Å². The van der Waals surface area contributed by atoms with Gasteiger partial charge in [-0.3, -0.25) is 4.90 Å². The number of rotatable bonds is 7. The van der Waals surface area contributed by atoms with Crippen molar-refractivity contribution in [1.29, 1.82) is 0 Å². The van der Waals surface area contributed by atoms with Gasteiger partial charge in [0.05, 0.1) is 14.2 Å². The van der Waals surface area contributed by atoms with Crippen molar-refractivity contribution in [3.8, 4) is 11.5 Å². The predicted octanol–water partition coefficient (Wildman–Crippen LogP) is 4.69. The van der Waals surface area contributed by atoms with Crippen molar-refractivity contribution < 1.29 is 9.47 Å². The molecule has 0 radical (unpaired) electrons. The van der Waals surface area contributed by atoms with E-state index < -0.39 is 0 Å². The molecule has 1 aliphatic rings. The Hall–Kier alpha value is -0.200. The Morgan fingerprint density at radius 1 is 1.04 bits per heavy atom. The molecule has 1 aliphatic heterocycles. The van der Waals surface area contributed by atoms with Crippen LogP contribution in [0.2, 0.25) is 0 Å². The number of piperazine rings is 1. The average molecular weight is 458 g/mol. The van der Waals surface area contributed by atoms with E-state index in [4.69, 9.17) is 9.47 Å². The summed E-state index contributed by atoms with van der Waals surface area (Å²) in [4.78, 5) is 2.59. The first-order chi connectivity index (χ1) is 11.1. The summed E-state index contributed by atoms with van der Waals surface area (Å²) in [6.45, 7) is 8.87. The van der Waals surface area contributed by atoms with Gasteiger partial charge >= 0.3 is 0 Å². The van der Waals surface area contributed by atoms with E-state index in [0.29, 0.717) is 12.0 Å². The summed E-state index contributed by atoms with van der Waals surface area (Å²) in [7, 11) is 3.37. The highest BCUT2D eigenvalue weighted by Crippen LogP contribution is 2.39. The molecule has 25 heavy (non-hydrogen) atoms. The third-order valence-electron chi connectivity index (χ3n) is 4.47. The van der Waals surface area contributed by atoms with Gasteiger partial charge < -0.3 is 14.8 Å². The molecular formula is C18H31BrCl2N2O2. The fourth-order valence-electron chi connectivity index (χ4n) is 3.15. The van der Waals surface area contributed by atoms with Crippen molar-refractivity contribution in [2.75, 3.05) is 40.4 Å². The predicted molar refractivity (Wildman–Crippen MR) is 113 cm³/mol. The molecule has 1 N–H and O–H groups in total. The minimum absolute atomic E-state index is 0. The molecule has 1 saturated heterocycles. The van der Waals surface area contributed by atoms with Gasteiger partial charge in [0.25, 0.3) is 0 Å². The Labute approximate surface area is 173 Å². The Bertz CT molecular complexity index is 512. The van der Waals surface area contributed by atoms with Crippen LogP contribution < -0.4 is 14.8 Å². The van der Waals surface area contributed by atoms with Crippen LogP contribution in [0.1, 0.15) is 38.3 Å². The highest BCUT2D eigenvalue weighted by atomic mass is 79.9. The van der Waals surface area contributed by atoms with Crippen LogP contribution in [0.25, 0.3) is 0 Å². The molecule has 0 unspecified atom stereocenters. The highest BCUT2D eigenvalue weighted by Gasteiger charge is 2.25. The number of nitrogens with one attached hydrogen (secondary N) is 1. The summed E-state index contributed by atoms with van der Waals surface area (Å²) in [6, 6.07) is 4.57. The van der Waals surface area contributed by atoms with Crippen LogP contribution in [0.4, 0.5) is 0 Å². The van der Waals surface area contributed by atoms with Gasteiger partial charge in [-0.1, -0.05) is 29.8 Å². The highest BCUT2D eigenvalue weighted by molar-refractivity contribution is 9.10. The summed E-state index contributed by atoms with van der Waals surface area (Å²) in [5.74, 6) is 2.28. The van der Waals surface area contributed by atoms with E-state index in [2.05, 4.69) is 46.1 Å². The van der Waals surface area contributed by atoms with Crippen molar-refractivity contribution in [3.63, 3.8) is 0 Å². The Kier molecular flexibility index (Phi) is 12.1. The zero-order valence-electron chi connectivity index (χ0n) is 15.5. The van der Waals surface area contributed by atoms with E-state index >= 15 is 0 Å². The number of hydrogen-bond donors (Lipinski definition) is 1. The van der Waals surface area contributed by atoms with Gasteiger partial charge in [0, 0.05) is 36.7 Å². The second-order valence-corrected chi connectivity index (χ2v) is 7.36. The molecule has 1 atom stereocenters. The SMILES string of the molecule is COc1cc(Br)c([C@H](CCC(C)C)N2CCNCC2)cc1OC.Cl.Cl. The van der Waals surface area contributed by atoms with Crippen LogP contribution in [-0.4, -0.2) is 45.3 Å². The quantitative estimate of drug-likeness (QED) is 0.643. The Morgan fingerprint density at radius 3 is 2.12 bits per heavy atom. The topological polar surface area (TPSA) is 33.7 Å². The number of benzene rings is 1. The smallest absolute Gasteiger partial charge is 0.161 e. The largest absolute Gasteiger partial charge is 0.493 e. The molecule has 1 heterocycles. The molecule has 4 nitrogen and oxygen atoms in total. The zero-order valence-corrected chi connectivity index (χ0v) is 18.7. The molecule has 0 aromatic heterocycles.